The summed E-state index contributed by atoms with van der Waals surface area (Å²) in [6, 6.07) is 23.7. The highest BCUT2D eigenvalue weighted by molar-refractivity contribution is 6.30. The lowest BCUT2D eigenvalue weighted by Crippen LogP contribution is -2.21. The van der Waals surface area contributed by atoms with Crippen molar-refractivity contribution >= 4 is 28.9 Å². The number of ether oxygens (including phenoxy) is 1. The first kappa shape index (κ1) is 19.3. The fourth-order valence-electron chi connectivity index (χ4n) is 2.47. The van der Waals surface area contributed by atoms with Crippen LogP contribution >= 0.6 is 11.6 Å². The minimum Gasteiger partial charge on any atom is -0.489 e. The van der Waals surface area contributed by atoms with Gasteiger partial charge in [0, 0.05) is 16.4 Å². The molecule has 0 atom stereocenters. The average molecular weight is 392 g/mol. The Kier molecular flexibility index (Phi) is 6.50. The van der Waals surface area contributed by atoms with Crippen LogP contribution < -0.4 is 15.4 Å². The number of nitriles is 1. The molecule has 5 nitrogen and oxygen atoms in total. The van der Waals surface area contributed by atoms with Crippen LogP contribution in [-0.2, 0) is 11.4 Å². The molecule has 0 aliphatic rings. The van der Waals surface area contributed by atoms with E-state index in [1.54, 1.807) is 48.5 Å². The zero-order valence-corrected chi connectivity index (χ0v) is 15.7. The van der Waals surface area contributed by atoms with Gasteiger partial charge in [-0.25, -0.2) is 0 Å². The van der Waals surface area contributed by atoms with E-state index in [9.17, 15) is 4.79 Å². The van der Waals surface area contributed by atoms with Gasteiger partial charge < -0.3 is 15.4 Å². The summed E-state index contributed by atoms with van der Waals surface area (Å²) in [5.74, 6) is 0.525. The van der Waals surface area contributed by atoms with E-state index in [0.717, 1.165) is 11.3 Å². The van der Waals surface area contributed by atoms with Crippen molar-refractivity contribution in [2.24, 2.45) is 0 Å². The SMILES string of the molecule is N#Cc1cccc(NCC(=O)Nc2ccc(OCc3ccc(Cl)cc3)cc2)c1. The zero-order chi connectivity index (χ0) is 19.8. The number of nitrogens with one attached hydrogen (secondary N) is 2. The molecule has 0 saturated carbocycles. The fourth-order valence-corrected chi connectivity index (χ4v) is 2.59. The van der Waals surface area contributed by atoms with Gasteiger partial charge in [0.25, 0.3) is 0 Å². The van der Waals surface area contributed by atoms with Gasteiger partial charge in [-0.2, -0.15) is 5.26 Å². The molecule has 0 aliphatic heterocycles. The zero-order valence-electron chi connectivity index (χ0n) is 15.0. The number of nitrogens with zero attached hydrogens (tertiary/aromatic N) is 1. The lowest BCUT2D eigenvalue weighted by atomic mass is 10.2. The number of halogens is 1. The summed E-state index contributed by atoms with van der Waals surface area (Å²) in [6.07, 6.45) is 0. The van der Waals surface area contributed by atoms with E-state index in [1.165, 1.54) is 0 Å². The molecule has 1 amide bonds. The predicted molar refractivity (Wildman–Crippen MR) is 111 cm³/mol. The smallest absolute Gasteiger partial charge is 0.243 e. The Hall–Kier alpha value is -3.49. The van der Waals surface area contributed by atoms with Crippen molar-refractivity contribution in [2.45, 2.75) is 6.61 Å². The molecule has 2 N–H and O–H groups in total. The molecule has 28 heavy (non-hydrogen) atoms. The lowest BCUT2D eigenvalue weighted by molar-refractivity contribution is -0.114. The van der Waals surface area contributed by atoms with E-state index < -0.39 is 0 Å². The third kappa shape index (κ3) is 5.76. The maximum absolute atomic E-state index is 12.1. The number of benzene rings is 3. The summed E-state index contributed by atoms with van der Waals surface area (Å²) in [6.45, 7) is 0.540. The number of carbonyl (C=O) groups excluding carboxylic acids is 1. The molecule has 0 fully saturated rings. The lowest BCUT2D eigenvalue weighted by Gasteiger charge is -2.10. The van der Waals surface area contributed by atoms with Gasteiger partial charge in [0.1, 0.15) is 12.4 Å². The molecule has 3 aromatic rings. The molecular weight excluding hydrogens is 374 g/mol. The molecule has 0 saturated heterocycles. The van der Waals surface area contributed by atoms with Crippen molar-refractivity contribution in [1.82, 2.24) is 0 Å². The van der Waals surface area contributed by atoms with Crippen molar-refractivity contribution in [1.29, 1.82) is 5.26 Å². The fraction of sp³-hybridized carbons (Fsp3) is 0.0909. The monoisotopic (exact) mass is 391 g/mol. The molecule has 0 bridgehead atoms. The highest BCUT2D eigenvalue weighted by atomic mass is 35.5. The summed E-state index contributed by atoms with van der Waals surface area (Å²) in [5, 5.41) is 15.4. The maximum Gasteiger partial charge on any atom is 0.243 e. The molecule has 0 radical (unpaired) electrons. The highest BCUT2D eigenvalue weighted by Gasteiger charge is 2.04. The molecule has 0 aliphatic carbocycles. The second-order valence-electron chi connectivity index (χ2n) is 6.03. The molecule has 0 unspecified atom stereocenters. The van der Waals surface area contributed by atoms with E-state index in [1.807, 2.05) is 24.3 Å². The van der Waals surface area contributed by atoms with E-state index in [2.05, 4.69) is 16.7 Å². The molecule has 140 valence electrons. The van der Waals surface area contributed by atoms with Crippen LogP contribution in [0.25, 0.3) is 0 Å². The van der Waals surface area contributed by atoms with Crippen molar-refractivity contribution in [3.8, 4) is 11.8 Å². The average Bonchev–Trinajstić information content (AvgIpc) is 2.73. The van der Waals surface area contributed by atoms with Crippen molar-refractivity contribution in [3.63, 3.8) is 0 Å². The van der Waals surface area contributed by atoms with E-state index in [0.29, 0.717) is 28.6 Å². The van der Waals surface area contributed by atoms with Gasteiger partial charge in [-0.1, -0.05) is 29.8 Å². The summed E-state index contributed by atoms with van der Waals surface area (Å²) in [5.41, 5.74) is 2.96. The largest absolute Gasteiger partial charge is 0.489 e. The molecule has 0 aromatic heterocycles. The Morgan fingerprint density at radius 3 is 2.46 bits per heavy atom. The van der Waals surface area contributed by atoms with E-state index in [-0.39, 0.29) is 12.5 Å². The van der Waals surface area contributed by atoms with Gasteiger partial charge >= 0.3 is 0 Å². The Labute approximate surface area is 168 Å². The number of hydrogen-bond donors (Lipinski definition) is 2. The molecule has 0 spiro atoms. The number of amides is 1. The van der Waals surface area contributed by atoms with Crippen LogP contribution in [0.5, 0.6) is 5.75 Å². The van der Waals surface area contributed by atoms with Crippen LogP contribution in [-0.4, -0.2) is 12.5 Å². The number of carbonyl (C=O) groups is 1. The third-order valence-corrected chi connectivity index (χ3v) is 4.15. The second kappa shape index (κ2) is 9.45. The summed E-state index contributed by atoms with van der Waals surface area (Å²) >= 11 is 5.87. The van der Waals surface area contributed by atoms with Gasteiger partial charge in [0.2, 0.25) is 5.91 Å². The van der Waals surface area contributed by atoms with Crippen molar-refractivity contribution in [2.75, 3.05) is 17.2 Å². The summed E-state index contributed by atoms with van der Waals surface area (Å²) < 4.78 is 5.72. The molecule has 6 heteroatoms. The normalized spacial score (nSPS) is 10.0. The minimum atomic E-state index is -0.183. The minimum absolute atomic E-state index is 0.101. The first-order chi connectivity index (χ1) is 13.6. The van der Waals surface area contributed by atoms with Crippen LogP contribution in [0.4, 0.5) is 11.4 Å². The van der Waals surface area contributed by atoms with Gasteiger partial charge in [0.05, 0.1) is 18.2 Å². The molecule has 3 aromatic carbocycles. The van der Waals surface area contributed by atoms with Crippen molar-refractivity contribution < 1.29 is 9.53 Å². The van der Waals surface area contributed by atoms with Crippen LogP contribution in [0.2, 0.25) is 5.02 Å². The van der Waals surface area contributed by atoms with Crippen LogP contribution in [0.3, 0.4) is 0 Å². The number of hydrogen-bond acceptors (Lipinski definition) is 4. The quantitative estimate of drug-likeness (QED) is 0.604. The topological polar surface area (TPSA) is 74.2 Å². The first-order valence-electron chi connectivity index (χ1n) is 8.63. The van der Waals surface area contributed by atoms with Crippen molar-refractivity contribution in [3.05, 3.63) is 88.9 Å². The first-order valence-corrected chi connectivity index (χ1v) is 9.01. The Bertz CT molecular complexity index is 980. The highest BCUT2D eigenvalue weighted by Crippen LogP contribution is 2.18. The summed E-state index contributed by atoms with van der Waals surface area (Å²) in [7, 11) is 0. The second-order valence-corrected chi connectivity index (χ2v) is 6.47. The third-order valence-electron chi connectivity index (χ3n) is 3.90. The van der Waals surface area contributed by atoms with Gasteiger partial charge in [0.15, 0.2) is 0 Å². The summed E-state index contributed by atoms with van der Waals surface area (Å²) in [4.78, 5) is 12.1. The van der Waals surface area contributed by atoms with Crippen LogP contribution in [0.15, 0.2) is 72.8 Å². The maximum atomic E-state index is 12.1. The van der Waals surface area contributed by atoms with Crippen LogP contribution in [0, 0.1) is 11.3 Å². The predicted octanol–water partition coefficient (Wildman–Crippen LogP) is 4.84. The molecule has 0 heterocycles. The molecular formula is C22H18ClN3O2. The molecule has 3 rings (SSSR count). The van der Waals surface area contributed by atoms with Crippen LogP contribution in [0.1, 0.15) is 11.1 Å². The Morgan fingerprint density at radius 2 is 1.75 bits per heavy atom. The Morgan fingerprint density at radius 1 is 1.00 bits per heavy atom. The van der Waals surface area contributed by atoms with Gasteiger partial charge in [-0.15, -0.1) is 0 Å². The Balaban J connectivity index is 1.47. The van der Waals surface area contributed by atoms with Gasteiger partial charge in [-0.3, -0.25) is 4.79 Å². The van der Waals surface area contributed by atoms with E-state index >= 15 is 0 Å². The number of anilines is 2. The van der Waals surface area contributed by atoms with E-state index in [4.69, 9.17) is 21.6 Å². The van der Waals surface area contributed by atoms with Gasteiger partial charge in [-0.05, 0) is 60.2 Å². The standard InChI is InChI=1S/C22H18ClN3O2/c23-18-6-4-16(5-7-18)15-28-21-10-8-19(9-11-21)26-22(27)14-25-20-3-1-2-17(12-20)13-24/h1-12,25H,14-15H2,(H,26,27). The number of rotatable bonds is 7.